The predicted molar refractivity (Wildman–Crippen MR) is 38.6 cm³/mol. The third-order valence-electron chi connectivity index (χ3n) is 0.426. The molecule has 0 rings (SSSR count). The zero-order chi connectivity index (χ0) is 7.33. The number of nitrogens with zero attached hydrogens (tertiary/aromatic N) is 2. The van der Waals surface area contributed by atoms with Gasteiger partial charge in [0, 0.05) is 0 Å². The summed E-state index contributed by atoms with van der Waals surface area (Å²) in [6, 6.07) is 0. The van der Waals surface area contributed by atoms with Crippen LogP contribution in [0, 0.1) is 0 Å². The molecule has 0 spiro atoms. The normalized spacial score (nSPS) is 11.8. The first-order chi connectivity index (χ1) is 4.12. The van der Waals surface area contributed by atoms with Gasteiger partial charge in [0.15, 0.2) is 0 Å². The van der Waals surface area contributed by atoms with Crippen LogP contribution in [0.2, 0.25) is 9.94 Å². The molecule has 0 aliphatic heterocycles. The maximum atomic E-state index is 9.85. The van der Waals surface area contributed by atoms with Gasteiger partial charge in [0.1, 0.15) is 0 Å². The van der Waals surface area contributed by atoms with E-state index in [2.05, 4.69) is 5.23 Å². The topological polar surface area (TPSA) is 58.9 Å². The molecule has 0 heterocycles. The van der Waals surface area contributed by atoms with E-state index in [-0.39, 0.29) is 22.9 Å². The Labute approximate surface area is 65.1 Å². The Balaban J connectivity index is 4.36. The molecule has 0 N–H and O–H groups in total. The molecule has 0 unspecified atom stereocenters. The molecule has 0 fully saturated rings. The molecule has 7 heteroatoms. The predicted octanol–water partition coefficient (Wildman–Crippen LogP) is 0.481. The molecule has 0 radical (unpaired) electrons. The van der Waals surface area contributed by atoms with Gasteiger partial charge in [-0.15, -0.1) is 0 Å². The van der Waals surface area contributed by atoms with E-state index in [1.165, 1.54) is 0 Å². The molecule has 0 saturated heterocycles. The number of rotatable bonds is 2. The van der Waals surface area contributed by atoms with Crippen molar-refractivity contribution < 1.29 is 8.42 Å². The molecule has 0 amide bonds. The quantitative estimate of drug-likeness (QED) is 0.692. The fourth-order valence-electron chi connectivity index (χ4n) is 0.163. The fourth-order valence-corrected chi connectivity index (χ4v) is 3.82. The second kappa shape index (κ2) is 4.28. The van der Waals surface area contributed by atoms with Crippen LogP contribution in [0.3, 0.4) is 0 Å². The van der Waals surface area contributed by atoms with Crippen molar-refractivity contribution in [2.45, 2.75) is 9.94 Å². The van der Waals surface area contributed by atoms with Gasteiger partial charge in [0.05, 0.1) is 0 Å². The molecule has 0 aromatic rings. The van der Waals surface area contributed by atoms with Gasteiger partial charge in [0.25, 0.3) is 0 Å². The molecule has 54 valence electrons. The average molecular weight is 282 g/mol. The second-order valence-corrected chi connectivity index (χ2v) is 11.6. The molecule has 0 aliphatic rings. The molecule has 4 nitrogen and oxygen atoms in total. The monoisotopic (exact) mass is 284 g/mol. The van der Waals surface area contributed by atoms with Gasteiger partial charge in [-0.2, -0.15) is 0 Å². The molecule has 0 saturated carbocycles. The Hall–Kier alpha value is 0.430. The zero-order valence-electron chi connectivity index (χ0n) is 4.94. The van der Waals surface area contributed by atoms with Gasteiger partial charge in [-0.25, -0.2) is 0 Å². The van der Waals surface area contributed by atoms with Crippen LogP contribution in [0.1, 0.15) is 0 Å². The average Bonchev–Trinajstić information content (AvgIpc) is 1.64. The second-order valence-electron chi connectivity index (χ2n) is 1.52. The van der Waals surface area contributed by atoms with Crippen molar-refractivity contribution >= 4 is 41.6 Å². The maximum absolute atomic E-state index is 9.85. The van der Waals surface area contributed by atoms with Crippen molar-refractivity contribution in [1.82, 2.24) is 0 Å². The van der Waals surface area contributed by atoms with Crippen LogP contribution in [-0.4, -0.2) is 27.1 Å². The van der Waals surface area contributed by atoms with E-state index in [1.807, 2.05) is 0 Å². The minimum atomic E-state index is -2.63. The Bertz CT molecular complexity index is 173. The summed E-state index contributed by atoms with van der Waals surface area (Å²) in [6.45, 7) is 0. The van der Waals surface area contributed by atoms with Gasteiger partial charge >= 0.3 is 65.2 Å². The van der Waals surface area contributed by atoms with E-state index in [9.17, 15) is 8.42 Å². The zero-order valence-corrected chi connectivity index (χ0v) is 8.90. The summed E-state index contributed by atoms with van der Waals surface area (Å²) in [7, 11) is 0. The summed E-state index contributed by atoms with van der Waals surface area (Å²) in [5.41, 5.74) is 0. The molecule has 0 atom stereocenters. The van der Waals surface area contributed by atoms with E-state index >= 15 is 0 Å². The fraction of sp³-hybridized carbons (Fsp3) is 1.00. The Morgan fingerprint density at radius 3 is 1.67 bits per heavy atom. The van der Waals surface area contributed by atoms with Crippen molar-refractivity contribution in [3.8, 4) is 0 Å². The molecule has 0 aromatic heterocycles. The third kappa shape index (κ3) is 4.90. The summed E-state index contributed by atoms with van der Waals surface area (Å²) in [5.74, 6) is 0. The summed E-state index contributed by atoms with van der Waals surface area (Å²) >= 11 is -2.31. The van der Waals surface area contributed by atoms with E-state index in [0.717, 1.165) is 0 Å². The molecular weight excluding hydrogens is 276 g/mol. The summed E-state index contributed by atoms with van der Waals surface area (Å²) < 4.78 is 26.9. The van der Waals surface area contributed by atoms with Crippen molar-refractivity contribution in [2.24, 2.45) is 5.23 Å². The summed E-state index contributed by atoms with van der Waals surface area (Å²) in [5, 5.41) is 0. The van der Waals surface area contributed by atoms with Gasteiger partial charge in [-0.05, 0) is 0 Å². The van der Waals surface area contributed by atoms with Crippen LogP contribution in [0.15, 0.2) is 5.23 Å². The third-order valence-corrected chi connectivity index (χ3v) is 8.57. The first kappa shape index (κ1) is 9.43. The van der Waals surface area contributed by atoms with Crippen molar-refractivity contribution in [3.05, 3.63) is 0 Å². The molecule has 0 aliphatic carbocycles. The van der Waals surface area contributed by atoms with Crippen molar-refractivity contribution in [3.63, 3.8) is 0 Å². The minimum absolute atomic E-state index is 0.162. The van der Waals surface area contributed by atoms with Gasteiger partial charge < -0.3 is 0 Å². The van der Waals surface area contributed by atoms with Crippen molar-refractivity contribution in [1.29, 1.82) is 0 Å². The number of hydrogen-bond acceptors (Lipinski definition) is 4. The molecule has 0 aromatic carbocycles. The first-order valence-electron chi connectivity index (χ1n) is 1.88. The van der Waals surface area contributed by atoms with Gasteiger partial charge in [-0.1, -0.05) is 0 Å². The summed E-state index contributed by atoms with van der Waals surface area (Å²) in [6.07, 6.45) is 0. The van der Waals surface area contributed by atoms with Crippen LogP contribution in [0.4, 0.5) is 0 Å². The van der Waals surface area contributed by atoms with Gasteiger partial charge in [0.2, 0.25) is 0 Å². The van der Waals surface area contributed by atoms with Crippen molar-refractivity contribution in [2.75, 3.05) is 0 Å². The Kier molecular flexibility index (Phi) is 4.48. The van der Waals surface area contributed by atoms with Crippen LogP contribution >= 0.6 is 0 Å². The van der Waals surface area contributed by atoms with E-state index in [4.69, 9.17) is 0 Å². The first-order valence-corrected chi connectivity index (χ1v) is 10.0. The summed E-state index contributed by atoms with van der Waals surface area (Å²) in [4.78, 5) is 3.55. The Morgan fingerprint density at radius 2 is 1.44 bits per heavy atom. The van der Waals surface area contributed by atoms with Crippen LogP contribution in [0.5, 0.6) is 0 Å². The van der Waals surface area contributed by atoms with Crippen LogP contribution in [-0.2, 0) is 22.9 Å². The molecular formula is C2H6N2O2S2Te. The Morgan fingerprint density at radius 1 is 1.11 bits per heavy atom. The SMILES string of the molecule is C[Te](C)(N=S=O)N=S=O. The van der Waals surface area contributed by atoms with E-state index < -0.39 is 18.7 Å². The van der Waals surface area contributed by atoms with E-state index in [0.29, 0.717) is 0 Å². The molecule has 0 bridgehead atoms. The van der Waals surface area contributed by atoms with E-state index in [1.54, 1.807) is 9.94 Å². The number of hydrogen-bond donors (Lipinski definition) is 0. The van der Waals surface area contributed by atoms with Crippen LogP contribution in [0.25, 0.3) is 0 Å². The van der Waals surface area contributed by atoms with Crippen LogP contribution < -0.4 is 0 Å². The van der Waals surface area contributed by atoms with Gasteiger partial charge in [-0.3, -0.25) is 0 Å². The standard InChI is InChI=1S/C2H6N2O2S2Te/c1-9(2,3-7-5)4-8-6/h1-2H3. The molecule has 9 heavy (non-hydrogen) atoms.